The lowest BCUT2D eigenvalue weighted by atomic mass is 9.94. The summed E-state index contributed by atoms with van der Waals surface area (Å²) in [4.78, 5) is 17.0. The topological polar surface area (TPSA) is 56.3 Å². The van der Waals surface area contributed by atoms with Gasteiger partial charge in [0.15, 0.2) is 5.43 Å². The Morgan fingerprint density at radius 2 is 2.35 bits per heavy atom. The van der Waals surface area contributed by atoms with E-state index in [1.54, 1.807) is 12.1 Å². The van der Waals surface area contributed by atoms with Crippen molar-refractivity contribution in [1.82, 2.24) is 9.88 Å². The van der Waals surface area contributed by atoms with Crippen LogP contribution in [-0.4, -0.2) is 41.2 Å². The van der Waals surface area contributed by atoms with Gasteiger partial charge in [-0.2, -0.15) is 0 Å². The van der Waals surface area contributed by atoms with Crippen molar-refractivity contribution in [3.63, 3.8) is 0 Å². The molecular weight excluding hydrogens is 216 g/mol. The molecule has 0 saturated carbocycles. The van der Waals surface area contributed by atoms with Crippen LogP contribution in [0, 0.1) is 6.92 Å². The number of hydrogen-bond donors (Lipinski definition) is 2. The van der Waals surface area contributed by atoms with Gasteiger partial charge in [0.25, 0.3) is 0 Å². The summed E-state index contributed by atoms with van der Waals surface area (Å²) in [7, 11) is 0. The number of aromatic nitrogens is 1. The molecule has 94 valence electrons. The maximum Gasteiger partial charge on any atom is 0.182 e. The Bertz CT molecular complexity index is 426. The second-order valence-electron chi connectivity index (χ2n) is 4.82. The average molecular weight is 236 g/mol. The Hall–Kier alpha value is -1.13. The molecule has 4 nitrogen and oxygen atoms in total. The molecule has 0 radical (unpaired) electrons. The van der Waals surface area contributed by atoms with Crippen molar-refractivity contribution in [2.75, 3.05) is 26.2 Å². The molecule has 4 heteroatoms. The van der Waals surface area contributed by atoms with E-state index in [4.69, 9.17) is 5.11 Å². The minimum absolute atomic E-state index is 0.0792. The number of nitrogens with one attached hydrogen (secondary N) is 1. The van der Waals surface area contributed by atoms with Crippen LogP contribution >= 0.6 is 0 Å². The highest BCUT2D eigenvalue weighted by Gasteiger charge is 2.21. The van der Waals surface area contributed by atoms with Crippen LogP contribution in [0.3, 0.4) is 0 Å². The quantitative estimate of drug-likeness (QED) is 0.818. The molecule has 1 saturated heterocycles. The first-order valence-electron chi connectivity index (χ1n) is 6.23. The predicted octanol–water partition coefficient (Wildman–Crippen LogP) is 0.855. The minimum atomic E-state index is 0.0792. The Morgan fingerprint density at radius 3 is 3.06 bits per heavy atom. The van der Waals surface area contributed by atoms with Crippen molar-refractivity contribution >= 4 is 0 Å². The van der Waals surface area contributed by atoms with Gasteiger partial charge in [-0.25, -0.2) is 0 Å². The van der Waals surface area contributed by atoms with Gasteiger partial charge in [0, 0.05) is 42.5 Å². The van der Waals surface area contributed by atoms with Crippen LogP contribution in [0.5, 0.6) is 0 Å². The number of aliphatic hydroxyl groups excluding tert-OH is 1. The summed E-state index contributed by atoms with van der Waals surface area (Å²) in [5, 5.41) is 8.96. The largest absolute Gasteiger partial charge is 0.395 e. The van der Waals surface area contributed by atoms with E-state index < -0.39 is 0 Å². The zero-order valence-corrected chi connectivity index (χ0v) is 10.3. The molecule has 2 heterocycles. The summed E-state index contributed by atoms with van der Waals surface area (Å²) < 4.78 is 0. The molecule has 1 aliphatic heterocycles. The van der Waals surface area contributed by atoms with Crippen LogP contribution in [0.25, 0.3) is 0 Å². The van der Waals surface area contributed by atoms with Crippen LogP contribution in [0.4, 0.5) is 0 Å². The molecule has 0 unspecified atom stereocenters. The molecule has 1 atom stereocenters. The van der Waals surface area contributed by atoms with Crippen molar-refractivity contribution in [3.05, 3.63) is 33.7 Å². The van der Waals surface area contributed by atoms with Crippen molar-refractivity contribution in [1.29, 1.82) is 0 Å². The molecule has 1 fully saturated rings. The Kier molecular flexibility index (Phi) is 3.97. The molecule has 0 spiro atoms. The van der Waals surface area contributed by atoms with Gasteiger partial charge in [-0.3, -0.25) is 4.79 Å². The number of H-pyrrole nitrogens is 1. The Balaban J connectivity index is 2.13. The number of pyridine rings is 1. The standard InChI is InChI=1S/C13H20N2O2/c1-10-7-12(17)8-13(14-10)11-3-2-4-15(9-11)5-6-16/h7-8,11,16H,2-6,9H2,1H3,(H,14,17)/t11-/m0/s1. The van der Waals surface area contributed by atoms with Gasteiger partial charge in [-0.15, -0.1) is 0 Å². The third-order valence-corrected chi connectivity index (χ3v) is 3.36. The van der Waals surface area contributed by atoms with Crippen molar-refractivity contribution in [3.8, 4) is 0 Å². The molecule has 0 amide bonds. The van der Waals surface area contributed by atoms with Crippen LogP contribution in [0.2, 0.25) is 0 Å². The number of aliphatic hydroxyl groups is 1. The first-order chi connectivity index (χ1) is 8.19. The molecule has 0 aromatic carbocycles. The first-order valence-corrected chi connectivity index (χ1v) is 6.23. The van der Waals surface area contributed by atoms with Gasteiger partial charge in [0.1, 0.15) is 0 Å². The molecule has 1 aromatic heterocycles. The number of aryl methyl sites for hydroxylation is 1. The van der Waals surface area contributed by atoms with E-state index in [2.05, 4.69) is 9.88 Å². The molecule has 0 aliphatic carbocycles. The highest BCUT2D eigenvalue weighted by atomic mass is 16.3. The van der Waals surface area contributed by atoms with Crippen LogP contribution in [0.1, 0.15) is 30.1 Å². The lowest BCUT2D eigenvalue weighted by molar-refractivity contribution is 0.160. The maximum atomic E-state index is 11.5. The van der Waals surface area contributed by atoms with E-state index in [-0.39, 0.29) is 12.0 Å². The Labute approximate surface area is 101 Å². The van der Waals surface area contributed by atoms with E-state index in [0.717, 1.165) is 43.9 Å². The van der Waals surface area contributed by atoms with Crippen molar-refractivity contribution in [2.24, 2.45) is 0 Å². The predicted molar refractivity (Wildman–Crippen MR) is 67.3 cm³/mol. The first kappa shape index (κ1) is 12.3. The highest BCUT2D eigenvalue weighted by molar-refractivity contribution is 5.15. The summed E-state index contributed by atoms with van der Waals surface area (Å²) in [6, 6.07) is 3.33. The number of rotatable bonds is 3. The smallest absolute Gasteiger partial charge is 0.182 e. The summed E-state index contributed by atoms with van der Waals surface area (Å²) >= 11 is 0. The molecule has 1 aliphatic rings. The van der Waals surface area contributed by atoms with Crippen LogP contribution in [-0.2, 0) is 0 Å². The van der Waals surface area contributed by atoms with Gasteiger partial charge in [0.2, 0.25) is 0 Å². The van der Waals surface area contributed by atoms with E-state index >= 15 is 0 Å². The maximum absolute atomic E-state index is 11.5. The highest BCUT2D eigenvalue weighted by Crippen LogP contribution is 2.24. The molecule has 17 heavy (non-hydrogen) atoms. The fourth-order valence-electron chi connectivity index (χ4n) is 2.58. The number of hydrogen-bond acceptors (Lipinski definition) is 3. The average Bonchev–Trinajstić information content (AvgIpc) is 2.28. The summed E-state index contributed by atoms with van der Waals surface area (Å²) in [5.41, 5.74) is 2.04. The van der Waals surface area contributed by atoms with Gasteiger partial charge in [0.05, 0.1) is 6.61 Å². The zero-order chi connectivity index (χ0) is 12.3. The number of aromatic amines is 1. The van der Waals surface area contributed by atoms with E-state index in [1.807, 2.05) is 6.92 Å². The number of likely N-dealkylation sites (tertiary alicyclic amines) is 1. The second-order valence-corrected chi connectivity index (χ2v) is 4.82. The van der Waals surface area contributed by atoms with Crippen molar-refractivity contribution < 1.29 is 5.11 Å². The fourth-order valence-corrected chi connectivity index (χ4v) is 2.58. The van der Waals surface area contributed by atoms with E-state index in [0.29, 0.717) is 5.92 Å². The minimum Gasteiger partial charge on any atom is -0.395 e. The lowest BCUT2D eigenvalue weighted by Crippen LogP contribution is -2.36. The number of nitrogens with zero attached hydrogens (tertiary/aromatic N) is 1. The van der Waals surface area contributed by atoms with Crippen molar-refractivity contribution in [2.45, 2.75) is 25.7 Å². The van der Waals surface area contributed by atoms with Crippen LogP contribution in [0.15, 0.2) is 16.9 Å². The van der Waals surface area contributed by atoms with E-state index in [9.17, 15) is 4.79 Å². The summed E-state index contributed by atoms with van der Waals surface area (Å²) in [5.74, 6) is 0.392. The molecule has 2 N–H and O–H groups in total. The molecule has 0 bridgehead atoms. The summed E-state index contributed by atoms with van der Waals surface area (Å²) in [6.45, 7) is 4.83. The monoisotopic (exact) mass is 236 g/mol. The number of β-amino-alcohol motifs (C(OH)–C–C–N with tert-alkyl or cyclic N) is 1. The van der Waals surface area contributed by atoms with Gasteiger partial charge >= 0.3 is 0 Å². The van der Waals surface area contributed by atoms with Gasteiger partial charge in [-0.1, -0.05) is 0 Å². The third-order valence-electron chi connectivity index (χ3n) is 3.36. The van der Waals surface area contributed by atoms with E-state index in [1.165, 1.54) is 0 Å². The fraction of sp³-hybridized carbons (Fsp3) is 0.615. The van der Waals surface area contributed by atoms with Gasteiger partial charge < -0.3 is 15.0 Å². The third kappa shape index (κ3) is 3.17. The normalized spacial score (nSPS) is 21.6. The Morgan fingerprint density at radius 1 is 1.53 bits per heavy atom. The molecule has 2 rings (SSSR count). The zero-order valence-electron chi connectivity index (χ0n) is 10.3. The SMILES string of the molecule is Cc1cc(=O)cc([C@H]2CCCN(CCO)C2)[nH]1. The molecule has 1 aromatic rings. The molecular formula is C13H20N2O2. The second kappa shape index (κ2) is 5.47. The number of piperidine rings is 1. The van der Waals surface area contributed by atoms with Crippen LogP contribution < -0.4 is 5.43 Å². The summed E-state index contributed by atoms with van der Waals surface area (Å²) in [6.07, 6.45) is 2.24. The lowest BCUT2D eigenvalue weighted by Gasteiger charge is -2.32. The van der Waals surface area contributed by atoms with Gasteiger partial charge in [-0.05, 0) is 26.3 Å².